The van der Waals surface area contributed by atoms with Crippen molar-refractivity contribution in [1.82, 2.24) is 4.98 Å². The topological polar surface area (TPSA) is 73.0 Å². The van der Waals surface area contributed by atoms with Crippen LogP contribution in [0.2, 0.25) is 0 Å². The molecule has 0 radical (unpaired) electrons. The summed E-state index contributed by atoms with van der Waals surface area (Å²) in [4.78, 5) is 5.09. The lowest BCUT2D eigenvalue weighted by Gasteiger charge is -2.07. The van der Waals surface area contributed by atoms with Gasteiger partial charge in [-0.2, -0.15) is 0 Å². The Balaban J connectivity index is 2.26. The molecule has 0 unspecified atom stereocenters. The number of pyridine rings is 1. The van der Waals surface area contributed by atoms with Crippen LogP contribution >= 0.6 is 11.8 Å². The average molecular weight is 282 g/mol. The van der Waals surface area contributed by atoms with Crippen molar-refractivity contribution in [2.24, 2.45) is 0 Å². The fraction of sp³-hybridized carbons (Fsp3) is 0.250. The maximum atomic E-state index is 11.1. The van der Waals surface area contributed by atoms with E-state index in [4.69, 9.17) is 5.73 Å². The van der Waals surface area contributed by atoms with Gasteiger partial charge in [0.05, 0.1) is 5.75 Å². The van der Waals surface area contributed by atoms with Gasteiger partial charge in [-0.3, -0.25) is 4.98 Å². The van der Waals surface area contributed by atoms with Gasteiger partial charge in [-0.1, -0.05) is 0 Å². The number of benzene rings is 1. The molecule has 0 atom stereocenters. The highest BCUT2D eigenvalue weighted by Gasteiger charge is 2.07. The van der Waals surface area contributed by atoms with Gasteiger partial charge in [0.1, 0.15) is 9.84 Å². The van der Waals surface area contributed by atoms with E-state index in [1.165, 1.54) is 18.0 Å². The Morgan fingerprint density at radius 1 is 1.28 bits per heavy atom. The lowest BCUT2D eigenvalue weighted by atomic mass is 10.1. The fourth-order valence-corrected chi connectivity index (χ4v) is 3.86. The van der Waals surface area contributed by atoms with Crippen molar-refractivity contribution in [3.63, 3.8) is 0 Å². The summed E-state index contributed by atoms with van der Waals surface area (Å²) in [5.41, 5.74) is 6.60. The third-order valence-electron chi connectivity index (χ3n) is 2.52. The van der Waals surface area contributed by atoms with Gasteiger partial charge < -0.3 is 5.73 Å². The normalized spacial score (nSPS) is 11.8. The van der Waals surface area contributed by atoms with Crippen molar-refractivity contribution >= 4 is 38.1 Å². The van der Waals surface area contributed by atoms with Crippen molar-refractivity contribution in [2.45, 2.75) is 4.90 Å². The van der Waals surface area contributed by atoms with Gasteiger partial charge in [-0.15, -0.1) is 11.8 Å². The van der Waals surface area contributed by atoms with Crippen LogP contribution in [0.5, 0.6) is 0 Å². The van der Waals surface area contributed by atoms with Gasteiger partial charge in [-0.05, 0) is 18.2 Å². The molecule has 0 aliphatic heterocycles. The number of hydrogen-bond donors (Lipinski definition) is 1. The smallest absolute Gasteiger partial charge is 0.148 e. The molecule has 0 spiro atoms. The monoisotopic (exact) mass is 282 g/mol. The molecule has 0 bridgehead atoms. The van der Waals surface area contributed by atoms with Gasteiger partial charge in [0, 0.05) is 45.8 Å². The maximum absolute atomic E-state index is 11.1. The standard InChI is InChI=1S/C12H14N2O2S2/c1-18(15,16)7-6-17-12-3-2-11(13)9-4-5-14-8-10(9)12/h2-5,8H,6-7,13H2,1H3. The molecule has 0 saturated heterocycles. The molecular formula is C12H14N2O2S2. The Morgan fingerprint density at radius 3 is 2.78 bits per heavy atom. The van der Waals surface area contributed by atoms with Gasteiger partial charge in [-0.25, -0.2) is 8.42 Å². The Hall–Kier alpha value is -1.27. The van der Waals surface area contributed by atoms with E-state index in [1.807, 2.05) is 18.2 Å². The van der Waals surface area contributed by atoms with E-state index in [2.05, 4.69) is 4.98 Å². The first kappa shape index (κ1) is 13.2. The van der Waals surface area contributed by atoms with E-state index in [-0.39, 0.29) is 5.75 Å². The SMILES string of the molecule is CS(=O)(=O)CCSc1ccc(N)c2ccncc12. The molecular weight excluding hydrogens is 268 g/mol. The lowest BCUT2D eigenvalue weighted by molar-refractivity contribution is 0.603. The van der Waals surface area contributed by atoms with E-state index in [9.17, 15) is 8.42 Å². The zero-order valence-electron chi connectivity index (χ0n) is 9.96. The first-order valence-electron chi connectivity index (χ1n) is 5.40. The maximum Gasteiger partial charge on any atom is 0.148 e. The largest absolute Gasteiger partial charge is 0.398 e. The Morgan fingerprint density at radius 2 is 2.06 bits per heavy atom. The van der Waals surface area contributed by atoms with Crippen LogP contribution in [0, 0.1) is 0 Å². The highest BCUT2D eigenvalue weighted by atomic mass is 32.2. The number of thioether (sulfide) groups is 1. The third kappa shape index (κ3) is 3.14. The highest BCUT2D eigenvalue weighted by molar-refractivity contribution is 8.00. The summed E-state index contributed by atoms with van der Waals surface area (Å²) >= 11 is 1.51. The van der Waals surface area contributed by atoms with Crippen LogP contribution in [0.4, 0.5) is 5.69 Å². The van der Waals surface area contributed by atoms with Crippen molar-refractivity contribution in [3.05, 3.63) is 30.6 Å². The summed E-state index contributed by atoms with van der Waals surface area (Å²) in [6.07, 6.45) is 4.70. The van der Waals surface area contributed by atoms with Crippen LogP contribution in [0.25, 0.3) is 10.8 Å². The molecule has 1 aromatic carbocycles. The number of nitrogens with zero attached hydrogens (tertiary/aromatic N) is 1. The van der Waals surface area contributed by atoms with E-state index >= 15 is 0 Å². The third-order valence-corrected chi connectivity index (χ3v) is 4.80. The molecule has 0 amide bonds. The van der Waals surface area contributed by atoms with Crippen molar-refractivity contribution in [2.75, 3.05) is 23.5 Å². The van der Waals surface area contributed by atoms with Crippen LogP contribution in [0.1, 0.15) is 0 Å². The van der Waals surface area contributed by atoms with E-state index in [0.29, 0.717) is 11.4 Å². The number of anilines is 1. The average Bonchev–Trinajstić information content (AvgIpc) is 2.31. The molecule has 2 aromatic rings. The zero-order valence-corrected chi connectivity index (χ0v) is 11.6. The Bertz CT molecular complexity index is 669. The fourth-order valence-electron chi connectivity index (χ4n) is 1.62. The molecule has 1 aromatic heterocycles. The number of nitrogens with two attached hydrogens (primary N) is 1. The molecule has 2 rings (SSSR count). The molecule has 0 saturated carbocycles. The van der Waals surface area contributed by atoms with Gasteiger partial charge in [0.25, 0.3) is 0 Å². The second-order valence-electron chi connectivity index (χ2n) is 4.05. The van der Waals surface area contributed by atoms with E-state index in [1.54, 1.807) is 12.4 Å². The van der Waals surface area contributed by atoms with E-state index < -0.39 is 9.84 Å². The summed E-state index contributed by atoms with van der Waals surface area (Å²) in [6, 6.07) is 5.61. The van der Waals surface area contributed by atoms with Gasteiger partial charge >= 0.3 is 0 Å². The van der Waals surface area contributed by atoms with Gasteiger partial charge in [0.15, 0.2) is 0 Å². The van der Waals surface area contributed by atoms with Crippen LogP contribution in [0.15, 0.2) is 35.5 Å². The number of rotatable bonds is 4. The minimum Gasteiger partial charge on any atom is -0.398 e. The molecule has 4 nitrogen and oxygen atoms in total. The molecule has 0 aliphatic rings. The Kier molecular flexibility index (Phi) is 3.77. The number of aromatic nitrogens is 1. The summed E-state index contributed by atoms with van der Waals surface area (Å²) in [5.74, 6) is 0.705. The van der Waals surface area contributed by atoms with Crippen LogP contribution in [0.3, 0.4) is 0 Å². The first-order chi connectivity index (χ1) is 8.47. The molecule has 18 heavy (non-hydrogen) atoms. The molecule has 0 fully saturated rings. The van der Waals surface area contributed by atoms with Crippen molar-refractivity contribution in [3.8, 4) is 0 Å². The molecule has 2 N–H and O–H groups in total. The van der Waals surface area contributed by atoms with Crippen LogP contribution in [-0.4, -0.2) is 31.2 Å². The number of nitrogen functional groups attached to an aromatic ring is 1. The van der Waals surface area contributed by atoms with Crippen molar-refractivity contribution in [1.29, 1.82) is 0 Å². The summed E-state index contributed by atoms with van der Waals surface area (Å²) < 4.78 is 22.2. The second kappa shape index (κ2) is 5.16. The quantitative estimate of drug-likeness (QED) is 0.685. The minimum atomic E-state index is -2.92. The summed E-state index contributed by atoms with van der Waals surface area (Å²) in [6.45, 7) is 0. The lowest BCUT2D eigenvalue weighted by Crippen LogP contribution is -2.04. The molecule has 1 heterocycles. The minimum absolute atomic E-state index is 0.170. The second-order valence-corrected chi connectivity index (χ2v) is 7.45. The van der Waals surface area contributed by atoms with Crippen molar-refractivity contribution < 1.29 is 8.42 Å². The van der Waals surface area contributed by atoms with E-state index in [0.717, 1.165) is 15.7 Å². The number of hydrogen-bond acceptors (Lipinski definition) is 5. The number of sulfone groups is 1. The number of fused-ring (bicyclic) bond motifs is 1. The highest BCUT2D eigenvalue weighted by Crippen LogP contribution is 2.30. The Labute approximate surface area is 111 Å². The predicted molar refractivity (Wildman–Crippen MR) is 76.6 cm³/mol. The molecule has 96 valence electrons. The predicted octanol–water partition coefficient (Wildman–Crippen LogP) is 1.95. The van der Waals surface area contributed by atoms with Crippen LogP contribution in [-0.2, 0) is 9.84 Å². The summed E-state index contributed by atoms with van der Waals surface area (Å²) in [7, 11) is -2.92. The van der Waals surface area contributed by atoms with Gasteiger partial charge in [0.2, 0.25) is 0 Å². The molecule has 0 aliphatic carbocycles. The van der Waals surface area contributed by atoms with Crippen LogP contribution < -0.4 is 5.73 Å². The summed E-state index contributed by atoms with van der Waals surface area (Å²) in [5, 5.41) is 1.92. The zero-order chi connectivity index (χ0) is 13.2. The first-order valence-corrected chi connectivity index (χ1v) is 8.45. The molecule has 6 heteroatoms.